The van der Waals surface area contributed by atoms with E-state index >= 15 is 0 Å². The Morgan fingerprint density at radius 3 is 2.45 bits per heavy atom. The van der Waals surface area contributed by atoms with Crippen LogP contribution in [-0.4, -0.2) is 47.1 Å². The van der Waals surface area contributed by atoms with Crippen molar-refractivity contribution in [3.8, 4) is 5.75 Å². The number of anilines is 2. The number of ether oxygens (including phenoxy) is 1. The van der Waals surface area contributed by atoms with Gasteiger partial charge < -0.3 is 25.3 Å². The topological polar surface area (TPSA) is 97.3 Å². The highest BCUT2D eigenvalue weighted by Crippen LogP contribution is 2.37. The fourth-order valence-corrected chi connectivity index (χ4v) is 5.32. The molecular weight excluding hydrogens is 652 g/mol. The number of hydrogen-bond acceptors (Lipinski definition) is 6. The minimum atomic E-state index is -4.70. The standard InChI is InChI=1S/C25H19Cl3F5N5O3S/c1-38-16-7-17(41-9-18(29)30)12(22(39)35-10-25(31,32)33)6-15(16)36-24(38)37-20-13(26)3-2-11(19(20)28)8-34-23(40)21-14(27)4-5-42-21/h2-7,18H,8-10H2,1H3,(H,34,40)(H,35,39)(H,36,37). The highest BCUT2D eigenvalue weighted by Gasteiger charge is 2.29. The molecule has 224 valence electrons. The lowest BCUT2D eigenvalue weighted by molar-refractivity contribution is -0.123. The first-order chi connectivity index (χ1) is 19.7. The van der Waals surface area contributed by atoms with Gasteiger partial charge in [-0.1, -0.05) is 40.9 Å². The Morgan fingerprint density at radius 1 is 1.07 bits per heavy atom. The van der Waals surface area contributed by atoms with E-state index in [9.17, 15) is 31.5 Å². The first kappa shape index (κ1) is 31.6. The summed E-state index contributed by atoms with van der Waals surface area (Å²) in [6, 6.07) is 7.08. The summed E-state index contributed by atoms with van der Waals surface area (Å²) < 4.78 is 70.1. The van der Waals surface area contributed by atoms with E-state index in [1.165, 1.54) is 28.0 Å². The minimum Gasteiger partial charge on any atom is -0.487 e. The number of alkyl halides is 5. The fourth-order valence-electron chi connectivity index (χ4n) is 3.73. The number of amides is 2. The van der Waals surface area contributed by atoms with E-state index in [-0.39, 0.29) is 45.0 Å². The predicted molar refractivity (Wildman–Crippen MR) is 151 cm³/mol. The van der Waals surface area contributed by atoms with Crippen molar-refractivity contribution in [2.45, 2.75) is 19.1 Å². The number of nitrogens with zero attached hydrogens (tertiary/aromatic N) is 2. The molecule has 0 spiro atoms. The number of carbonyl (C=O) groups is 2. The van der Waals surface area contributed by atoms with Crippen LogP contribution in [0.4, 0.5) is 33.6 Å². The molecule has 2 heterocycles. The second-order valence-electron chi connectivity index (χ2n) is 8.63. The molecule has 0 radical (unpaired) electrons. The molecule has 0 aliphatic carbocycles. The van der Waals surface area contributed by atoms with Gasteiger partial charge in [0.25, 0.3) is 18.2 Å². The van der Waals surface area contributed by atoms with Gasteiger partial charge in [0.2, 0.25) is 5.95 Å². The van der Waals surface area contributed by atoms with Crippen LogP contribution < -0.4 is 20.7 Å². The Bertz CT molecular complexity index is 1640. The van der Waals surface area contributed by atoms with Gasteiger partial charge in [0.1, 0.15) is 23.8 Å². The van der Waals surface area contributed by atoms with Gasteiger partial charge in [-0.25, -0.2) is 13.8 Å². The Labute approximate surface area is 253 Å². The number of fused-ring (bicyclic) bond motifs is 1. The van der Waals surface area contributed by atoms with Crippen LogP contribution >= 0.6 is 46.1 Å². The number of halogens is 8. The lowest BCUT2D eigenvalue weighted by Gasteiger charge is -2.14. The molecule has 0 atom stereocenters. The molecule has 2 aromatic heterocycles. The molecule has 42 heavy (non-hydrogen) atoms. The summed E-state index contributed by atoms with van der Waals surface area (Å²) in [7, 11) is 1.55. The molecular formula is C25H19Cl3F5N5O3S. The number of imidazole rings is 1. The molecule has 0 aliphatic heterocycles. The van der Waals surface area contributed by atoms with Crippen LogP contribution in [-0.2, 0) is 13.6 Å². The number of aryl methyl sites for hydroxylation is 1. The van der Waals surface area contributed by atoms with Crippen LogP contribution in [0.2, 0.25) is 15.1 Å². The summed E-state index contributed by atoms with van der Waals surface area (Å²) in [5.41, 5.74) is 0.712. The SMILES string of the molecule is Cn1c(Nc2c(Cl)ccc(CNC(=O)c3sccc3Cl)c2Cl)nc2cc(C(=O)NCC(F)(F)F)c(OCC(F)F)cc21. The molecule has 2 amide bonds. The van der Waals surface area contributed by atoms with Crippen molar-refractivity contribution in [2.75, 3.05) is 18.5 Å². The summed E-state index contributed by atoms with van der Waals surface area (Å²) in [5, 5.41) is 9.72. The number of thiophene rings is 1. The zero-order chi connectivity index (χ0) is 30.8. The number of hydrogen-bond donors (Lipinski definition) is 3. The van der Waals surface area contributed by atoms with Crippen LogP contribution in [0.25, 0.3) is 11.0 Å². The second kappa shape index (κ2) is 12.9. The Hall–Kier alpha value is -3.33. The van der Waals surface area contributed by atoms with Crippen molar-refractivity contribution < 1.29 is 36.3 Å². The lowest BCUT2D eigenvalue weighted by Crippen LogP contribution is -2.34. The largest absolute Gasteiger partial charge is 0.487 e. The van der Waals surface area contributed by atoms with E-state index in [2.05, 4.69) is 15.6 Å². The molecule has 0 saturated heterocycles. The maximum Gasteiger partial charge on any atom is 0.405 e. The van der Waals surface area contributed by atoms with E-state index in [4.69, 9.17) is 39.5 Å². The fraction of sp³-hybridized carbons (Fsp3) is 0.240. The van der Waals surface area contributed by atoms with E-state index in [1.54, 1.807) is 29.9 Å². The third-order valence-electron chi connectivity index (χ3n) is 5.71. The average Bonchev–Trinajstić information content (AvgIpc) is 3.49. The van der Waals surface area contributed by atoms with Crippen molar-refractivity contribution in [1.82, 2.24) is 20.2 Å². The van der Waals surface area contributed by atoms with Crippen LogP contribution in [0.15, 0.2) is 35.7 Å². The van der Waals surface area contributed by atoms with Gasteiger partial charge in [0, 0.05) is 19.7 Å². The zero-order valence-electron chi connectivity index (χ0n) is 21.2. The third-order valence-corrected chi connectivity index (χ3v) is 7.80. The van der Waals surface area contributed by atoms with Crippen molar-refractivity contribution >= 4 is 80.6 Å². The second-order valence-corrected chi connectivity index (χ2v) is 10.7. The van der Waals surface area contributed by atoms with Gasteiger partial charge in [-0.05, 0) is 29.1 Å². The van der Waals surface area contributed by atoms with Crippen molar-refractivity contribution in [3.05, 3.63) is 66.8 Å². The average molecular weight is 671 g/mol. The van der Waals surface area contributed by atoms with Crippen LogP contribution in [0.1, 0.15) is 25.6 Å². The molecule has 0 saturated carbocycles. The molecule has 3 N–H and O–H groups in total. The number of carbonyl (C=O) groups excluding carboxylic acids is 2. The number of benzene rings is 2. The molecule has 0 aliphatic rings. The van der Waals surface area contributed by atoms with E-state index in [0.717, 1.165) is 6.07 Å². The normalized spacial score (nSPS) is 11.7. The summed E-state index contributed by atoms with van der Waals surface area (Å²) in [4.78, 5) is 29.7. The van der Waals surface area contributed by atoms with Crippen LogP contribution in [0.5, 0.6) is 5.75 Å². The molecule has 4 rings (SSSR count). The quantitative estimate of drug-likeness (QED) is 0.155. The summed E-state index contributed by atoms with van der Waals surface area (Å²) in [6.07, 6.45) is -7.60. The number of rotatable bonds is 10. The lowest BCUT2D eigenvalue weighted by atomic mass is 10.1. The van der Waals surface area contributed by atoms with E-state index in [0.29, 0.717) is 15.5 Å². The molecule has 0 bridgehead atoms. The van der Waals surface area contributed by atoms with Crippen LogP contribution in [0.3, 0.4) is 0 Å². The molecule has 0 fully saturated rings. The Kier molecular flexibility index (Phi) is 9.70. The van der Waals surface area contributed by atoms with Gasteiger partial charge in [0.05, 0.1) is 37.4 Å². The Morgan fingerprint density at radius 2 is 1.81 bits per heavy atom. The monoisotopic (exact) mass is 669 g/mol. The first-order valence-corrected chi connectivity index (χ1v) is 13.8. The molecule has 0 unspecified atom stereocenters. The summed E-state index contributed by atoms with van der Waals surface area (Å²) in [5.74, 6) is -1.82. The number of aromatic nitrogens is 2. The highest BCUT2D eigenvalue weighted by molar-refractivity contribution is 7.12. The van der Waals surface area contributed by atoms with Gasteiger partial charge in [-0.2, -0.15) is 13.2 Å². The maximum atomic E-state index is 12.8. The Balaban J connectivity index is 1.64. The maximum absolute atomic E-state index is 12.8. The van der Waals surface area contributed by atoms with Crippen molar-refractivity contribution in [2.24, 2.45) is 7.05 Å². The molecule has 4 aromatic rings. The smallest absolute Gasteiger partial charge is 0.405 e. The van der Waals surface area contributed by atoms with Crippen LogP contribution in [0, 0.1) is 0 Å². The first-order valence-electron chi connectivity index (χ1n) is 11.8. The number of nitrogens with one attached hydrogen (secondary N) is 3. The van der Waals surface area contributed by atoms with Gasteiger partial charge in [-0.3, -0.25) is 9.59 Å². The summed E-state index contributed by atoms with van der Waals surface area (Å²) in [6.45, 7) is -2.70. The van der Waals surface area contributed by atoms with E-state index < -0.39 is 43.1 Å². The molecule has 2 aromatic carbocycles. The third kappa shape index (κ3) is 7.35. The summed E-state index contributed by atoms with van der Waals surface area (Å²) >= 11 is 20.2. The molecule has 8 nitrogen and oxygen atoms in total. The minimum absolute atomic E-state index is 0.0293. The van der Waals surface area contributed by atoms with Gasteiger partial charge in [-0.15, -0.1) is 11.3 Å². The van der Waals surface area contributed by atoms with Gasteiger partial charge in [0.15, 0.2) is 0 Å². The molecule has 17 heteroatoms. The van der Waals surface area contributed by atoms with Gasteiger partial charge >= 0.3 is 6.18 Å². The zero-order valence-corrected chi connectivity index (χ0v) is 24.3. The van der Waals surface area contributed by atoms with Crippen molar-refractivity contribution in [3.63, 3.8) is 0 Å². The van der Waals surface area contributed by atoms with E-state index in [1.807, 2.05) is 0 Å². The highest BCUT2D eigenvalue weighted by atomic mass is 35.5. The van der Waals surface area contributed by atoms with Crippen molar-refractivity contribution in [1.29, 1.82) is 0 Å². The predicted octanol–water partition coefficient (Wildman–Crippen LogP) is 7.20.